The van der Waals surface area contributed by atoms with E-state index in [4.69, 9.17) is 16.6 Å². The number of amides is 1. The van der Waals surface area contributed by atoms with Gasteiger partial charge in [0.15, 0.2) is 0 Å². The molecule has 5 nitrogen and oxygen atoms in total. The van der Waals surface area contributed by atoms with Gasteiger partial charge in [-0.3, -0.25) is 4.79 Å². The van der Waals surface area contributed by atoms with Crippen LogP contribution >= 0.6 is 12.2 Å². The van der Waals surface area contributed by atoms with E-state index in [1.807, 2.05) is 0 Å². The summed E-state index contributed by atoms with van der Waals surface area (Å²) in [7, 11) is 0. The quantitative estimate of drug-likeness (QED) is 0.716. The lowest BCUT2D eigenvalue weighted by molar-refractivity contribution is -0.274. The van der Waals surface area contributed by atoms with Crippen LogP contribution in [0.3, 0.4) is 0 Å². The smallest absolute Gasteiger partial charge is 0.424 e. The first-order chi connectivity index (χ1) is 11.1. The Bertz CT molecular complexity index is 785. The molecule has 0 aliphatic rings. The largest absolute Gasteiger partial charge is 0.463 e. The van der Waals surface area contributed by atoms with Gasteiger partial charge >= 0.3 is 6.18 Å². The number of carbonyl (C=O) groups excluding carboxylic acids is 1. The second kappa shape index (κ2) is 6.78. The number of hydrogen-bond acceptors (Lipinski definition) is 4. The Morgan fingerprint density at radius 2 is 2.08 bits per heavy atom. The topological polar surface area (TPSA) is 78.3 Å². The molecule has 0 aliphatic carbocycles. The molecule has 130 valence electrons. The molecule has 0 saturated carbocycles. The Morgan fingerprint density at radius 3 is 2.62 bits per heavy atom. The van der Waals surface area contributed by atoms with E-state index >= 15 is 0 Å². The number of carbonyl (C=O) groups is 1. The van der Waals surface area contributed by atoms with E-state index < -0.39 is 36.4 Å². The Labute approximate surface area is 140 Å². The van der Waals surface area contributed by atoms with Gasteiger partial charge in [-0.15, -0.1) is 0 Å². The predicted molar refractivity (Wildman–Crippen MR) is 82.0 cm³/mol. The number of aromatic amines is 1. The number of alkyl halides is 3. The molecule has 2 heterocycles. The van der Waals surface area contributed by atoms with E-state index in [2.05, 4.69) is 10.3 Å². The third-order valence-corrected chi connectivity index (χ3v) is 3.79. The van der Waals surface area contributed by atoms with Crippen LogP contribution in [-0.4, -0.2) is 28.7 Å². The normalized spacial score (nSPS) is 14.2. The molecule has 1 atom stereocenters. The molecule has 2 aromatic heterocycles. The van der Waals surface area contributed by atoms with Crippen LogP contribution in [0.5, 0.6) is 0 Å². The van der Waals surface area contributed by atoms with Crippen molar-refractivity contribution >= 4 is 18.1 Å². The maximum atomic E-state index is 13.3. The number of hydrogen-bond donors (Lipinski definition) is 3. The molecule has 0 radical (unpaired) electrons. The minimum Gasteiger partial charge on any atom is -0.463 e. The van der Waals surface area contributed by atoms with E-state index in [1.165, 1.54) is 25.3 Å². The molecule has 3 N–H and O–H groups in total. The zero-order valence-electron chi connectivity index (χ0n) is 12.6. The average molecular weight is 360 g/mol. The van der Waals surface area contributed by atoms with Gasteiger partial charge in [0.25, 0.3) is 5.91 Å². The predicted octanol–water partition coefficient (Wildman–Crippen LogP) is 3.22. The highest BCUT2D eigenvalue weighted by atomic mass is 32.1. The second-order valence-corrected chi connectivity index (χ2v) is 5.60. The minimum absolute atomic E-state index is 0.136. The number of nitrogens with one attached hydrogen (secondary N) is 2. The van der Waals surface area contributed by atoms with Crippen LogP contribution in [0.2, 0.25) is 0 Å². The van der Waals surface area contributed by atoms with Crippen LogP contribution in [0.4, 0.5) is 13.2 Å². The summed E-state index contributed by atoms with van der Waals surface area (Å²) in [6, 6.07) is 5.38. The Kier molecular flexibility index (Phi) is 5.14. The molecule has 2 aromatic rings. The molecule has 9 heteroatoms. The summed E-state index contributed by atoms with van der Waals surface area (Å²) in [5.74, 6) is -0.997. The van der Waals surface area contributed by atoms with Crippen molar-refractivity contribution < 1.29 is 27.5 Å². The zero-order chi connectivity index (χ0) is 18.0. The van der Waals surface area contributed by atoms with Gasteiger partial charge in [0.2, 0.25) is 5.60 Å². The highest BCUT2D eigenvalue weighted by molar-refractivity contribution is 7.71. The monoisotopic (exact) mass is 360 g/mol. The fraction of sp³-hybridized carbons (Fsp3) is 0.333. The number of aromatic nitrogens is 1. The summed E-state index contributed by atoms with van der Waals surface area (Å²) < 4.78 is 44.9. The van der Waals surface area contributed by atoms with Crippen molar-refractivity contribution in [2.24, 2.45) is 0 Å². The van der Waals surface area contributed by atoms with Crippen molar-refractivity contribution in [1.29, 1.82) is 0 Å². The van der Waals surface area contributed by atoms with Gasteiger partial charge in [0.1, 0.15) is 16.2 Å². The summed E-state index contributed by atoms with van der Waals surface area (Å²) in [5, 5.41) is 12.4. The van der Waals surface area contributed by atoms with Gasteiger partial charge in [0, 0.05) is 19.2 Å². The standard InChI is InChI=1S/C15H15F3N2O3S/c1-9-4-5-11(23-9)14(22,15(16,17)18)6-8-19-12(21)10-3-2-7-20-13(10)24/h2-5,7,22H,6,8H2,1H3,(H,19,21)(H,20,24)/t14-/m1/s1. The van der Waals surface area contributed by atoms with Crippen LogP contribution in [0.15, 0.2) is 34.9 Å². The van der Waals surface area contributed by atoms with Crippen LogP contribution in [0.1, 0.15) is 28.3 Å². The van der Waals surface area contributed by atoms with Crippen LogP contribution < -0.4 is 5.32 Å². The average Bonchev–Trinajstić information content (AvgIpc) is 2.93. The molecule has 24 heavy (non-hydrogen) atoms. The number of halogens is 3. The molecular weight excluding hydrogens is 345 g/mol. The van der Waals surface area contributed by atoms with Crippen molar-refractivity contribution in [2.45, 2.75) is 25.1 Å². The lowest BCUT2D eigenvalue weighted by Crippen LogP contribution is -2.44. The molecule has 0 fully saturated rings. The molecule has 0 aliphatic heterocycles. The summed E-state index contributed by atoms with van der Waals surface area (Å²) in [6.07, 6.45) is -4.22. The fourth-order valence-corrected chi connectivity index (χ4v) is 2.34. The Morgan fingerprint density at radius 1 is 1.38 bits per heavy atom. The number of pyridine rings is 1. The van der Waals surface area contributed by atoms with Crippen LogP contribution in [0, 0.1) is 11.6 Å². The maximum Gasteiger partial charge on any atom is 0.424 e. The van der Waals surface area contributed by atoms with Crippen molar-refractivity contribution in [3.63, 3.8) is 0 Å². The summed E-state index contributed by atoms with van der Waals surface area (Å²) in [6.45, 7) is 1.05. The molecular formula is C15H15F3N2O3S. The summed E-state index contributed by atoms with van der Waals surface area (Å²) >= 11 is 4.93. The van der Waals surface area contributed by atoms with Crippen molar-refractivity contribution in [2.75, 3.05) is 6.54 Å². The van der Waals surface area contributed by atoms with Gasteiger partial charge in [-0.25, -0.2) is 0 Å². The van der Waals surface area contributed by atoms with Crippen molar-refractivity contribution in [3.8, 4) is 0 Å². The summed E-state index contributed by atoms with van der Waals surface area (Å²) in [4.78, 5) is 14.6. The van der Waals surface area contributed by atoms with Crippen LogP contribution in [-0.2, 0) is 5.60 Å². The number of aryl methyl sites for hydroxylation is 1. The first-order valence-electron chi connectivity index (χ1n) is 6.97. The van der Waals surface area contributed by atoms with Gasteiger partial charge in [0.05, 0.1) is 5.56 Å². The third kappa shape index (κ3) is 3.68. The third-order valence-electron chi connectivity index (χ3n) is 3.45. The van der Waals surface area contributed by atoms with E-state index in [0.717, 1.165) is 6.07 Å². The summed E-state index contributed by atoms with van der Waals surface area (Å²) in [5.41, 5.74) is -3.05. The highest BCUT2D eigenvalue weighted by Gasteiger charge is 2.56. The fourth-order valence-electron chi connectivity index (χ4n) is 2.11. The first kappa shape index (κ1) is 18.2. The molecule has 0 spiro atoms. The minimum atomic E-state index is -4.95. The van der Waals surface area contributed by atoms with Gasteiger partial charge < -0.3 is 19.8 Å². The van der Waals surface area contributed by atoms with E-state index in [9.17, 15) is 23.1 Å². The number of H-pyrrole nitrogens is 1. The lowest BCUT2D eigenvalue weighted by atomic mass is 9.95. The SMILES string of the molecule is Cc1ccc([C@](O)(CCNC(=O)c2ccc[nH]c2=S)C(F)(F)F)o1. The molecule has 1 amide bonds. The molecule has 0 unspecified atom stereocenters. The van der Waals surface area contributed by atoms with E-state index in [-0.39, 0.29) is 16.0 Å². The van der Waals surface area contributed by atoms with Crippen LogP contribution in [0.25, 0.3) is 0 Å². The number of furan rings is 1. The lowest BCUT2D eigenvalue weighted by Gasteiger charge is -2.28. The van der Waals surface area contributed by atoms with Gasteiger partial charge in [-0.2, -0.15) is 13.2 Å². The Balaban J connectivity index is 2.11. The van der Waals surface area contributed by atoms with E-state index in [0.29, 0.717) is 0 Å². The zero-order valence-corrected chi connectivity index (χ0v) is 13.4. The number of rotatable bonds is 5. The van der Waals surface area contributed by atoms with Crippen molar-refractivity contribution in [1.82, 2.24) is 10.3 Å². The second-order valence-electron chi connectivity index (χ2n) is 5.19. The van der Waals surface area contributed by atoms with E-state index in [1.54, 1.807) is 6.07 Å². The van der Waals surface area contributed by atoms with Gasteiger partial charge in [-0.05, 0) is 31.2 Å². The Hall–Kier alpha value is -2.13. The molecule has 0 saturated heterocycles. The highest BCUT2D eigenvalue weighted by Crippen LogP contribution is 2.42. The maximum absolute atomic E-state index is 13.3. The first-order valence-corrected chi connectivity index (χ1v) is 7.38. The van der Waals surface area contributed by atoms with Gasteiger partial charge in [-0.1, -0.05) is 12.2 Å². The molecule has 0 bridgehead atoms. The van der Waals surface area contributed by atoms with Crippen molar-refractivity contribution in [3.05, 3.63) is 52.2 Å². The molecule has 0 aromatic carbocycles. The molecule has 2 rings (SSSR count). The number of aliphatic hydroxyl groups is 1.